The zero-order valence-electron chi connectivity index (χ0n) is 10.4. The molecule has 1 N–H and O–H groups in total. The number of benzene rings is 1. The van der Waals surface area contributed by atoms with Crippen molar-refractivity contribution >= 4 is 11.9 Å². The van der Waals surface area contributed by atoms with Crippen LogP contribution in [0.2, 0.25) is 0 Å². The van der Waals surface area contributed by atoms with E-state index in [0.29, 0.717) is 11.1 Å². The molecule has 2 rings (SSSR count). The number of aromatic nitrogens is 2. The molecule has 0 aliphatic carbocycles. The third-order valence-electron chi connectivity index (χ3n) is 2.45. The Kier molecular flexibility index (Phi) is 3.93. The second kappa shape index (κ2) is 5.66. The maximum absolute atomic E-state index is 12.3. The molecule has 0 aliphatic rings. The molecule has 5 nitrogen and oxygen atoms in total. The number of carbonyl (C=O) groups is 1. The summed E-state index contributed by atoms with van der Waals surface area (Å²) in [5, 5.41) is 4.81. The summed E-state index contributed by atoms with van der Waals surface area (Å²) >= 11 is 0. The highest BCUT2D eigenvalue weighted by atomic mass is 19.4. The number of nitrogens with zero attached hydrogens (tertiary/aromatic N) is 2. The van der Waals surface area contributed by atoms with Gasteiger partial charge in [-0.15, -0.1) is 6.42 Å². The van der Waals surface area contributed by atoms with Crippen LogP contribution in [0.5, 0.6) is 0 Å². The Labute approximate surface area is 117 Å². The minimum Gasteiger partial charge on any atom is -0.315 e. The van der Waals surface area contributed by atoms with Crippen LogP contribution in [0.4, 0.5) is 19.2 Å². The Morgan fingerprint density at radius 2 is 2.10 bits per heavy atom. The fourth-order valence-electron chi connectivity index (χ4n) is 1.54. The molecular weight excluding hydrogens is 287 g/mol. The molecule has 1 heterocycles. The number of carbonyl (C=O) groups excluding carboxylic acids is 1. The van der Waals surface area contributed by atoms with Crippen LogP contribution in [-0.2, 0) is 17.4 Å². The van der Waals surface area contributed by atoms with Gasteiger partial charge in [-0.1, -0.05) is 24.1 Å². The highest BCUT2D eigenvalue weighted by molar-refractivity contribution is 5.90. The maximum Gasteiger partial charge on any atom is 0.455 e. The van der Waals surface area contributed by atoms with Gasteiger partial charge in [-0.25, -0.2) is 0 Å². The van der Waals surface area contributed by atoms with E-state index in [-0.39, 0.29) is 6.42 Å². The van der Waals surface area contributed by atoms with Gasteiger partial charge in [0.2, 0.25) is 5.91 Å². The minimum atomic E-state index is -4.73. The molecule has 0 spiro atoms. The second-order valence-corrected chi connectivity index (χ2v) is 3.95. The average molecular weight is 295 g/mol. The molecule has 0 fully saturated rings. The largest absolute Gasteiger partial charge is 0.455 e. The van der Waals surface area contributed by atoms with Gasteiger partial charge in [0.1, 0.15) is 0 Å². The highest BCUT2D eigenvalue weighted by Crippen LogP contribution is 2.27. The van der Waals surface area contributed by atoms with Crippen LogP contribution in [0.3, 0.4) is 0 Å². The van der Waals surface area contributed by atoms with Gasteiger partial charge in [-0.05, 0) is 16.8 Å². The van der Waals surface area contributed by atoms with Gasteiger partial charge in [0.05, 0.1) is 6.42 Å². The Balaban J connectivity index is 2.06. The van der Waals surface area contributed by atoms with Gasteiger partial charge >= 0.3 is 12.2 Å². The van der Waals surface area contributed by atoms with E-state index in [9.17, 15) is 18.0 Å². The number of alkyl halides is 3. The number of terminal acetylenes is 1. The van der Waals surface area contributed by atoms with Gasteiger partial charge in [0.15, 0.2) is 0 Å². The predicted octanol–water partition coefficient (Wildman–Crippen LogP) is 2.25. The summed E-state index contributed by atoms with van der Waals surface area (Å²) in [6.07, 6.45) is 0.428. The zero-order valence-corrected chi connectivity index (χ0v) is 10.4. The molecule has 0 saturated carbocycles. The van der Waals surface area contributed by atoms with Crippen LogP contribution in [0.15, 0.2) is 28.8 Å². The Morgan fingerprint density at radius 3 is 2.71 bits per heavy atom. The Morgan fingerprint density at radius 1 is 1.38 bits per heavy atom. The Bertz CT molecular complexity index is 701. The summed E-state index contributed by atoms with van der Waals surface area (Å²) in [7, 11) is 0. The fraction of sp³-hybridized carbons (Fsp3) is 0.154. The molecule has 0 saturated heterocycles. The van der Waals surface area contributed by atoms with Crippen molar-refractivity contribution in [2.45, 2.75) is 12.6 Å². The SMILES string of the molecule is C#Cc1ccccc1CC(=O)Nc1nc(C(F)(F)F)no1. The molecule has 0 radical (unpaired) electrons. The lowest BCUT2D eigenvalue weighted by molar-refractivity contribution is -0.146. The third-order valence-corrected chi connectivity index (χ3v) is 2.45. The normalized spacial score (nSPS) is 11.0. The number of halogens is 3. The van der Waals surface area contributed by atoms with Crippen molar-refractivity contribution in [2.24, 2.45) is 0 Å². The molecule has 108 valence electrons. The van der Waals surface area contributed by atoms with Crippen LogP contribution in [0.1, 0.15) is 17.0 Å². The first-order valence-electron chi connectivity index (χ1n) is 5.65. The van der Waals surface area contributed by atoms with E-state index in [2.05, 4.69) is 25.9 Å². The van der Waals surface area contributed by atoms with Gasteiger partial charge in [-0.3, -0.25) is 10.1 Å². The van der Waals surface area contributed by atoms with Crippen molar-refractivity contribution in [3.8, 4) is 12.3 Å². The first kappa shape index (κ1) is 14.6. The average Bonchev–Trinajstić information content (AvgIpc) is 2.87. The molecule has 1 aromatic heterocycles. The van der Waals surface area contributed by atoms with Gasteiger partial charge in [0.25, 0.3) is 5.82 Å². The van der Waals surface area contributed by atoms with Gasteiger partial charge < -0.3 is 4.52 Å². The first-order chi connectivity index (χ1) is 9.90. The van der Waals surface area contributed by atoms with E-state index in [1.807, 2.05) is 0 Å². The molecule has 8 heteroatoms. The van der Waals surface area contributed by atoms with Crippen LogP contribution < -0.4 is 5.32 Å². The quantitative estimate of drug-likeness (QED) is 0.882. The van der Waals surface area contributed by atoms with E-state index >= 15 is 0 Å². The van der Waals surface area contributed by atoms with E-state index in [1.54, 1.807) is 24.3 Å². The number of hydrogen-bond acceptors (Lipinski definition) is 4. The summed E-state index contributed by atoms with van der Waals surface area (Å²) in [5.41, 5.74) is 1.09. The molecule has 1 aromatic carbocycles. The van der Waals surface area contributed by atoms with Gasteiger partial charge in [0, 0.05) is 5.56 Å². The molecule has 0 bridgehead atoms. The molecule has 0 aliphatic heterocycles. The standard InChI is InChI=1S/C13H8F3N3O2/c1-2-8-5-3-4-6-9(8)7-10(20)17-12-18-11(19-21-12)13(14,15)16/h1,3-6H,7H2,(H,17,18,19,20). The molecule has 0 atom stereocenters. The molecule has 2 aromatic rings. The van der Waals surface area contributed by atoms with Crippen LogP contribution in [-0.4, -0.2) is 16.0 Å². The summed E-state index contributed by atoms with van der Waals surface area (Å²) in [6, 6.07) is 6.08. The molecule has 21 heavy (non-hydrogen) atoms. The van der Waals surface area contributed by atoms with Crippen LogP contribution >= 0.6 is 0 Å². The van der Waals surface area contributed by atoms with Crippen molar-refractivity contribution in [3.05, 3.63) is 41.2 Å². The van der Waals surface area contributed by atoms with Crippen molar-refractivity contribution in [2.75, 3.05) is 5.32 Å². The van der Waals surface area contributed by atoms with Crippen molar-refractivity contribution in [1.82, 2.24) is 10.1 Å². The smallest absolute Gasteiger partial charge is 0.315 e. The van der Waals surface area contributed by atoms with Crippen molar-refractivity contribution < 1.29 is 22.5 Å². The predicted molar refractivity (Wildman–Crippen MR) is 66.0 cm³/mol. The third kappa shape index (κ3) is 3.60. The monoisotopic (exact) mass is 295 g/mol. The fourth-order valence-corrected chi connectivity index (χ4v) is 1.54. The van der Waals surface area contributed by atoms with Crippen LogP contribution in [0, 0.1) is 12.3 Å². The maximum atomic E-state index is 12.3. The summed E-state index contributed by atoms with van der Waals surface area (Å²) in [4.78, 5) is 14.8. The van der Waals surface area contributed by atoms with E-state index < -0.39 is 23.9 Å². The zero-order chi connectivity index (χ0) is 15.5. The molecule has 1 amide bonds. The second-order valence-electron chi connectivity index (χ2n) is 3.95. The van der Waals surface area contributed by atoms with Crippen molar-refractivity contribution in [1.29, 1.82) is 0 Å². The van der Waals surface area contributed by atoms with Gasteiger partial charge in [-0.2, -0.15) is 18.2 Å². The number of rotatable bonds is 3. The van der Waals surface area contributed by atoms with Crippen molar-refractivity contribution in [3.63, 3.8) is 0 Å². The lowest BCUT2D eigenvalue weighted by Gasteiger charge is -2.03. The summed E-state index contributed by atoms with van der Waals surface area (Å²) in [5.74, 6) is 0.336. The lowest BCUT2D eigenvalue weighted by atomic mass is 10.1. The van der Waals surface area contributed by atoms with E-state index in [0.717, 1.165) is 0 Å². The number of anilines is 1. The minimum absolute atomic E-state index is 0.121. The molecule has 0 unspecified atom stereocenters. The number of hydrogen-bond donors (Lipinski definition) is 1. The topological polar surface area (TPSA) is 68.0 Å². The van der Waals surface area contributed by atoms with E-state index in [1.165, 1.54) is 0 Å². The number of amides is 1. The summed E-state index contributed by atoms with van der Waals surface area (Å²) < 4.78 is 41.1. The van der Waals surface area contributed by atoms with Crippen LogP contribution in [0.25, 0.3) is 0 Å². The van der Waals surface area contributed by atoms with E-state index in [4.69, 9.17) is 6.42 Å². The summed E-state index contributed by atoms with van der Waals surface area (Å²) in [6.45, 7) is 0. The Hall–Kier alpha value is -2.82. The first-order valence-corrected chi connectivity index (χ1v) is 5.65. The number of nitrogens with one attached hydrogen (secondary N) is 1. The highest BCUT2D eigenvalue weighted by Gasteiger charge is 2.37. The lowest BCUT2D eigenvalue weighted by Crippen LogP contribution is -2.15. The molecular formula is C13H8F3N3O2.